The summed E-state index contributed by atoms with van der Waals surface area (Å²) < 4.78 is 0. The molecule has 0 atom stereocenters. The molecule has 0 saturated carbocycles. The molecule has 0 fully saturated rings. The average molecular weight is 395 g/mol. The number of aromatic nitrogens is 4. The molecule has 0 aliphatic carbocycles. The highest BCUT2D eigenvalue weighted by atomic mass is 14.9. The van der Waals surface area contributed by atoms with Crippen molar-refractivity contribution in [3.63, 3.8) is 0 Å². The number of rotatable bonds is 5. The fourth-order valence-electron chi connectivity index (χ4n) is 3.38. The maximum absolute atomic E-state index is 4.74. The summed E-state index contributed by atoms with van der Waals surface area (Å²) in [5.41, 5.74) is 7.42. The van der Waals surface area contributed by atoms with Crippen molar-refractivity contribution in [2.45, 2.75) is 39.5 Å². The zero-order chi connectivity index (χ0) is 21.1. The summed E-state index contributed by atoms with van der Waals surface area (Å²) >= 11 is 0. The summed E-state index contributed by atoms with van der Waals surface area (Å²) in [5, 5.41) is 0. The molecule has 4 aromatic rings. The van der Waals surface area contributed by atoms with Crippen molar-refractivity contribution in [2.24, 2.45) is 0 Å². The SMILES string of the molecule is CC(C)c1cc(-c2cccc(-c3cccc(-c4nccc(C(C)C)n4)c3)c2)ncn1. The monoisotopic (exact) mass is 394 g/mol. The molecule has 0 spiro atoms. The Morgan fingerprint density at radius 3 is 1.93 bits per heavy atom. The summed E-state index contributed by atoms with van der Waals surface area (Å²) in [7, 11) is 0. The van der Waals surface area contributed by atoms with Crippen LogP contribution >= 0.6 is 0 Å². The molecule has 4 heteroatoms. The van der Waals surface area contributed by atoms with Gasteiger partial charge in [0.15, 0.2) is 5.82 Å². The summed E-state index contributed by atoms with van der Waals surface area (Å²) in [6.07, 6.45) is 3.49. The van der Waals surface area contributed by atoms with Crippen LogP contribution in [0.15, 0.2) is 73.2 Å². The minimum Gasteiger partial charge on any atom is -0.241 e. The summed E-state index contributed by atoms with van der Waals surface area (Å²) in [4.78, 5) is 18.1. The van der Waals surface area contributed by atoms with Gasteiger partial charge in [0, 0.05) is 28.7 Å². The van der Waals surface area contributed by atoms with Gasteiger partial charge in [0.1, 0.15) is 6.33 Å². The fourth-order valence-corrected chi connectivity index (χ4v) is 3.38. The molecule has 2 aromatic carbocycles. The standard InChI is InChI=1S/C26H26N4/c1-17(2)23-11-12-27-26(30-23)22-10-6-8-20(14-22)19-7-5-9-21(13-19)25-15-24(18(3)4)28-16-29-25/h5-18H,1-4H3. The van der Waals surface area contributed by atoms with Crippen LogP contribution in [0.25, 0.3) is 33.8 Å². The number of nitrogens with zero attached hydrogens (tertiary/aromatic N) is 4. The van der Waals surface area contributed by atoms with Crippen molar-refractivity contribution in [3.8, 4) is 33.8 Å². The van der Waals surface area contributed by atoms with E-state index in [1.807, 2.05) is 12.3 Å². The van der Waals surface area contributed by atoms with Gasteiger partial charge in [-0.05, 0) is 47.2 Å². The number of benzene rings is 2. The first-order valence-electron chi connectivity index (χ1n) is 10.4. The van der Waals surface area contributed by atoms with Gasteiger partial charge in [0.25, 0.3) is 0 Å². The van der Waals surface area contributed by atoms with Gasteiger partial charge in [-0.15, -0.1) is 0 Å². The second-order valence-corrected chi connectivity index (χ2v) is 8.10. The lowest BCUT2D eigenvalue weighted by Gasteiger charge is -2.10. The first-order chi connectivity index (χ1) is 14.5. The third-order valence-electron chi connectivity index (χ3n) is 5.16. The van der Waals surface area contributed by atoms with Crippen molar-refractivity contribution >= 4 is 0 Å². The predicted octanol–water partition coefficient (Wildman–Crippen LogP) is 6.51. The zero-order valence-corrected chi connectivity index (χ0v) is 17.9. The van der Waals surface area contributed by atoms with Gasteiger partial charge >= 0.3 is 0 Å². The largest absolute Gasteiger partial charge is 0.241 e. The van der Waals surface area contributed by atoms with Gasteiger partial charge in [-0.1, -0.05) is 64.1 Å². The molecule has 0 bridgehead atoms. The summed E-state index contributed by atoms with van der Waals surface area (Å²) in [5.74, 6) is 1.50. The van der Waals surface area contributed by atoms with Crippen LogP contribution in [0.5, 0.6) is 0 Å². The normalized spacial score (nSPS) is 11.3. The molecule has 0 unspecified atom stereocenters. The van der Waals surface area contributed by atoms with Crippen LogP contribution in [0.2, 0.25) is 0 Å². The second kappa shape index (κ2) is 8.54. The lowest BCUT2D eigenvalue weighted by Crippen LogP contribution is -1.97. The predicted molar refractivity (Wildman–Crippen MR) is 122 cm³/mol. The van der Waals surface area contributed by atoms with Crippen molar-refractivity contribution < 1.29 is 0 Å². The minimum absolute atomic E-state index is 0.369. The highest BCUT2D eigenvalue weighted by Gasteiger charge is 2.09. The highest BCUT2D eigenvalue weighted by Crippen LogP contribution is 2.29. The Kier molecular flexibility index (Phi) is 5.66. The first kappa shape index (κ1) is 19.9. The second-order valence-electron chi connectivity index (χ2n) is 8.10. The quantitative estimate of drug-likeness (QED) is 0.387. The Morgan fingerprint density at radius 1 is 0.600 bits per heavy atom. The molecule has 150 valence electrons. The highest BCUT2D eigenvalue weighted by molar-refractivity contribution is 5.74. The van der Waals surface area contributed by atoms with Gasteiger partial charge in [-0.25, -0.2) is 19.9 Å². The summed E-state index contributed by atoms with van der Waals surface area (Å²) in [6, 6.07) is 20.9. The molecule has 4 nitrogen and oxygen atoms in total. The minimum atomic E-state index is 0.369. The third-order valence-corrected chi connectivity index (χ3v) is 5.16. The Hall–Kier alpha value is -3.40. The van der Waals surface area contributed by atoms with Gasteiger partial charge in [-0.2, -0.15) is 0 Å². The molecule has 0 saturated heterocycles. The molecular weight excluding hydrogens is 368 g/mol. The summed E-state index contributed by atoms with van der Waals surface area (Å²) in [6.45, 7) is 8.58. The smallest absolute Gasteiger partial charge is 0.159 e. The van der Waals surface area contributed by atoms with Gasteiger partial charge in [0.05, 0.1) is 5.69 Å². The molecule has 0 N–H and O–H groups in total. The van der Waals surface area contributed by atoms with Gasteiger partial charge in [-0.3, -0.25) is 0 Å². The molecule has 30 heavy (non-hydrogen) atoms. The van der Waals surface area contributed by atoms with Crippen LogP contribution in [-0.4, -0.2) is 19.9 Å². The topological polar surface area (TPSA) is 51.6 Å². The van der Waals surface area contributed by atoms with E-state index in [0.717, 1.165) is 45.2 Å². The number of hydrogen-bond acceptors (Lipinski definition) is 4. The van der Waals surface area contributed by atoms with E-state index in [2.05, 4.69) is 97.2 Å². The molecule has 0 amide bonds. The van der Waals surface area contributed by atoms with Gasteiger partial charge in [0.2, 0.25) is 0 Å². The maximum atomic E-state index is 4.74. The first-order valence-corrected chi connectivity index (χ1v) is 10.4. The van der Waals surface area contributed by atoms with E-state index in [0.29, 0.717) is 11.8 Å². The molecule has 4 rings (SSSR count). The Balaban J connectivity index is 1.71. The van der Waals surface area contributed by atoms with Crippen LogP contribution in [0, 0.1) is 0 Å². The van der Waals surface area contributed by atoms with E-state index in [1.165, 1.54) is 0 Å². The number of hydrogen-bond donors (Lipinski definition) is 0. The molecule has 2 aromatic heterocycles. The molecular formula is C26H26N4. The Morgan fingerprint density at radius 2 is 1.23 bits per heavy atom. The van der Waals surface area contributed by atoms with Crippen LogP contribution in [0.4, 0.5) is 0 Å². The van der Waals surface area contributed by atoms with Gasteiger partial charge < -0.3 is 0 Å². The molecule has 0 aliphatic heterocycles. The lowest BCUT2D eigenvalue weighted by molar-refractivity contribution is 0.815. The van der Waals surface area contributed by atoms with Crippen LogP contribution in [-0.2, 0) is 0 Å². The van der Waals surface area contributed by atoms with Crippen molar-refractivity contribution in [1.82, 2.24) is 19.9 Å². The van der Waals surface area contributed by atoms with E-state index in [1.54, 1.807) is 6.33 Å². The van der Waals surface area contributed by atoms with Crippen molar-refractivity contribution in [3.05, 3.63) is 84.6 Å². The lowest BCUT2D eigenvalue weighted by atomic mass is 9.99. The van der Waals surface area contributed by atoms with E-state index in [9.17, 15) is 0 Å². The van der Waals surface area contributed by atoms with Crippen molar-refractivity contribution in [1.29, 1.82) is 0 Å². The molecule has 0 radical (unpaired) electrons. The third kappa shape index (κ3) is 4.28. The van der Waals surface area contributed by atoms with E-state index < -0.39 is 0 Å². The Bertz CT molecular complexity index is 1070. The Labute approximate surface area is 178 Å². The molecule has 2 heterocycles. The fraction of sp³-hybridized carbons (Fsp3) is 0.231. The van der Waals surface area contributed by atoms with Crippen molar-refractivity contribution in [2.75, 3.05) is 0 Å². The average Bonchev–Trinajstić information content (AvgIpc) is 2.79. The van der Waals surface area contributed by atoms with E-state index in [-0.39, 0.29) is 0 Å². The van der Waals surface area contributed by atoms with Crippen LogP contribution in [0.3, 0.4) is 0 Å². The maximum Gasteiger partial charge on any atom is 0.159 e. The van der Waals surface area contributed by atoms with E-state index >= 15 is 0 Å². The van der Waals surface area contributed by atoms with E-state index in [4.69, 9.17) is 4.98 Å². The van der Waals surface area contributed by atoms with Crippen LogP contribution < -0.4 is 0 Å². The molecule has 0 aliphatic rings. The van der Waals surface area contributed by atoms with Crippen LogP contribution in [0.1, 0.15) is 50.9 Å². The zero-order valence-electron chi connectivity index (χ0n) is 17.9.